The smallest absolute Gasteiger partial charge is 0.416 e. The first kappa shape index (κ1) is 19.4. The molecule has 0 heterocycles. The molecule has 0 unspecified atom stereocenters. The number of nitrogens with one attached hydrogen (secondary N) is 2. The van der Waals surface area contributed by atoms with Crippen LogP contribution < -0.4 is 15.4 Å². The highest BCUT2D eigenvalue weighted by Crippen LogP contribution is 2.30. The van der Waals surface area contributed by atoms with E-state index < -0.39 is 23.6 Å². The number of hydrogen-bond acceptors (Lipinski definition) is 4. The van der Waals surface area contributed by atoms with E-state index in [1.54, 1.807) is 12.1 Å². The van der Waals surface area contributed by atoms with Crippen molar-refractivity contribution in [3.8, 4) is 5.75 Å². The molecule has 0 saturated carbocycles. The first-order chi connectivity index (χ1) is 12.2. The van der Waals surface area contributed by atoms with Crippen LogP contribution in [-0.2, 0) is 11.0 Å². The number of thiocarbonyl (C=S) groups is 1. The summed E-state index contributed by atoms with van der Waals surface area (Å²) >= 11 is 4.95. The number of hydrogen-bond donors (Lipinski definition) is 2. The molecule has 2 aromatic rings. The van der Waals surface area contributed by atoms with Gasteiger partial charge < -0.3 is 10.1 Å². The van der Waals surface area contributed by atoms with Crippen LogP contribution in [0.1, 0.15) is 22.8 Å². The Labute approximate surface area is 152 Å². The number of benzene rings is 2. The molecule has 0 spiro atoms. The summed E-state index contributed by atoms with van der Waals surface area (Å²) in [4.78, 5) is 23.3. The lowest BCUT2D eigenvalue weighted by Crippen LogP contribution is -2.34. The van der Waals surface area contributed by atoms with Crippen LogP contribution in [0.4, 0.5) is 18.9 Å². The van der Waals surface area contributed by atoms with Crippen molar-refractivity contribution in [3.05, 3.63) is 59.7 Å². The summed E-state index contributed by atoms with van der Waals surface area (Å²) in [5.41, 5.74) is -0.730. The van der Waals surface area contributed by atoms with Gasteiger partial charge in [-0.05, 0) is 42.5 Å². The molecule has 136 valence electrons. The Balaban J connectivity index is 2.09. The second-order valence-electron chi connectivity index (χ2n) is 5.08. The van der Waals surface area contributed by atoms with E-state index in [4.69, 9.17) is 17.0 Å². The summed E-state index contributed by atoms with van der Waals surface area (Å²) in [6, 6.07) is 10.4. The van der Waals surface area contributed by atoms with Gasteiger partial charge in [0, 0.05) is 12.6 Å². The van der Waals surface area contributed by atoms with Crippen LogP contribution >= 0.6 is 12.2 Å². The Morgan fingerprint density at radius 3 is 2.42 bits per heavy atom. The number of carbonyl (C=O) groups is 2. The van der Waals surface area contributed by atoms with E-state index in [0.717, 1.165) is 12.1 Å². The first-order valence-electron chi connectivity index (χ1n) is 7.24. The fraction of sp³-hybridized carbons (Fsp3) is 0.118. The summed E-state index contributed by atoms with van der Waals surface area (Å²) in [6.45, 7) is 1.19. The number of esters is 1. The number of ether oxygens (including phenoxy) is 1. The third kappa shape index (κ3) is 5.28. The van der Waals surface area contributed by atoms with Gasteiger partial charge in [-0.25, -0.2) is 0 Å². The molecule has 0 saturated heterocycles. The maximum atomic E-state index is 12.7. The molecule has 0 bridgehead atoms. The van der Waals surface area contributed by atoms with Crippen LogP contribution in [0.5, 0.6) is 5.75 Å². The van der Waals surface area contributed by atoms with E-state index in [0.29, 0.717) is 0 Å². The van der Waals surface area contributed by atoms with Crippen molar-refractivity contribution >= 4 is 34.9 Å². The van der Waals surface area contributed by atoms with Crippen molar-refractivity contribution in [2.45, 2.75) is 13.1 Å². The molecular weight excluding hydrogens is 369 g/mol. The summed E-state index contributed by atoms with van der Waals surface area (Å²) < 4.78 is 43.1. The molecule has 0 radical (unpaired) electrons. The SMILES string of the molecule is CC(=O)Oc1ccccc1C(=O)NC(=S)Nc1cccc(C(F)(F)F)c1. The fourth-order valence-corrected chi connectivity index (χ4v) is 2.21. The zero-order valence-electron chi connectivity index (χ0n) is 13.4. The van der Waals surface area contributed by atoms with Gasteiger partial charge in [-0.15, -0.1) is 0 Å². The second-order valence-corrected chi connectivity index (χ2v) is 5.48. The molecule has 9 heteroatoms. The highest BCUT2D eigenvalue weighted by atomic mass is 32.1. The normalized spacial score (nSPS) is 10.8. The maximum Gasteiger partial charge on any atom is 0.416 e. The van der Waals surface area contributed by atoms with Crippen molar-refractivity contribution in [2.75, 3.05) is 5.32 Å². The molecular formula is C17H13F3N2O3S. The average Bonchev–Trinajstić information content (AvgIpc) is 2.54. The standard InChI is InChI=1S/C17H13F3N2O3S/c1-10(23)25-14-8-3-2-7-13(14)15(24)22-16(26)21-12-6-4-5-11(9-12)17(18,19)20/h2-9H,1H3,(H2,21,22,24,26). The molecule has 0 aliphatic rings. The largest absolute Gasteiger partial charge is 0.426 e. The van der Waals surface area contributed by atoms with Crippen LogP contribution in [0.25, 0.3) is 0 Å². The lowest BCUT2D eigenvalue weighted by Gasteiger charge is -2.13. The van der Waals surface area contributed by atoms with E-state index in [2.05, 4.69) is 10.6 Å². The Bertz CT molecular complexity index is 853. The molecule has 0 aliphatic carbocycles. The van der Waals surface area contributed by atoms with Crippen LogP contribution in [0.3, 0.4) is 0 Å². The Kier molecular flexibility index (Phi) is 5.93. The van der Waals surface area contributed by atoms with Crippen LogP contribution in [0, 0.1) is 0 Å². The minimum Gasteiger partial charge on any atom is -0.426 e. The molecule has 2 N–H and O–H groups in total. The van der Waals surface area contributed by atoms with Gasteiger partial charge in [0.25, 0.3) is 5.91 Å². The molecule has 0 aliphatic heterocycles. The minimum atomic E-state index is -4.49. The molecule has 26 heavy (non-hydrogen) atoms. The fourth-order valence-electron chi connectivity index (χ4n) is 2.00. The second kappa shape index (κ2) is 7.96. The van der Waals surface area contributed by atoms with Gasteiger partial charge in [0.2, 0.25) is 0 Å². The minimum absolute atomic E-state index is 0.0411. The third-order valence-corrected chi connectivity index (χ3v) is 3.26. The highest BCUT2D eigenvalue weighted by Gasteiger charge is 2.30. The molecule has 0 fully saturated rings. The first-order valence-corrected chi connectivity index (χ1v) is 7.64. The number of para-hydroxylation sites is 1. The maximum absolute atomic E-state index is 12.7. The monoisotopic (exact) mass is 382 g/mol. The Morgan fingerprint density at radius 1 is 1.08 bits per heavy atom. The molecule has 2 rings (SSSR count). The predicted molar refractivity (Wildman–Crippen MR) is 92.9 cm³/mol. The quantitative estimate of drug-likeness (QED) is 0.481. The topological polar surface area (TPSA) is 67.4 Å². The number of halogens is 3. The van der Waals surface area contributed by atoms with E-state index in [1.165, 1.54) is 31.2 Å². The number of rotatable bonds is 3. The molecule has 5 nitrogen and oxygen atoms in total. The summed E-state index contributed by atoms with van der Waals surface area (Å²) in [7, 11) is 0. The zero-order valence-corrected chi connectivity index (χ0v) is 14.2. The number of amides is 1. The van der Waals surface area contributed by atoms with Gasteiger partial charge >= 0.3 is 12.1 Å². The molecule has 0 atom stereocenters. The van der Waals surface area contributed by atoms with Gasteiger partial charge in [0.05, 0.1) is 11.1 Å². The van der Waals surface area contributed by atoms with E-state index in [-0.39, 0.29) is 22.1 Å². The van der Waals surface area contributed by atoms with Crippen molar-refractivity contribution < 1.29 is 27.5 Å². The van der Waals surface area contributed by atoms with Gasteiger partial charge in [-0.1, -0.05) is 18.2 Å². The third-order valence-electron chi connectivity index (χ3n) is 3.06. The van der Waals surface area contributed by atoms with Gasteiger partial charge in [-0.3, -0.25) is 14.9 Å². The van der Waals surface area contributed by atoms with E-state index in [1.807, 2.05) is 0 Å². The lowest BCUT2D eigenvalue weighted by molar-refractivity contribution is -0.137. The Morgan fingerprint density at radius 2 is 1.77 bits per heavy atom. The van der Waals surface area contributed by atoms with Crippen molar-refractivity contribution in [1.82, 2.24) is 5.32 Å². The lowest BCUT2D eigenvalue weighted by atomic mass is 10.2. The molecule has 0 aromatic heterocycles. The number of anilines is 1. The molecule has 2 aromatic carbocycles. The van der Waals surface area contributed by atoms with Gasteiger partial charge in [-0.2, -0.15) is 13.2 Å². The van der Waals surface area contributed by atoms with Crippen LogP contribution in [0.15, 0.2) is 48.5 Å². The van der Waals surface area contributed by atoms with Crippen LogP contribution in [-0.4, -0.2) is 17.0 Å². The van der Waals surface area contributed by atoms with Crippen molar-refractivity contribution in [1.29, 1.82) is 0 Å². The van der Waals surface area contributed by atoms with Gasteiger partial charge in [0.1, 0.15) is 5.75 Å². The predicted octanol–water partition coefficient (Wildman–Crippen LogP) is 3.76. The summed E-state index contributed by atoms with van der Waals surface area (Å²) in [5.74, 6) is -1.24. The van der Waals surface area contributed by atoms with E-state index >= 15 is 0 Å². The van der Waals surface area contributed by atoms with Crippen LogP contribution in [0.2, 0.25) is 0 Å². The summed E-state index contributed by atoms with van der Waals surface area (Å²) in [6.07, 6.45) is -4.49. The number of alkyl halides is 3. The zero-order chi connectivity index (χ0) is 19.3. The van der Waals surface area contributed by atoms with Gasteiger partial charge in [0.15, 0.2) is 5.11 Å². The Hall–Kier alpha value is -2.94. The molecule has 1 amide bonds. The number of carbonyl (C=O) groups excluding carboxylic acids is 2. The van der Waals surface area contributed by atoms with Crippen molar-refractivity contribution in [3.63, 3.8) is 0 Å². The summed E-state index contributed by atoms with van der Waals surface area (Å²) in [5, 5.41) is 4.63. The highest BCUT2D eigenvalue weighted by molar-refractivity contribution is 7.80. The van der Waals surface area contributed by atoms with Crippen molar-refractivity contribution in [2.24, 2.45) is 0 Å². The van der Waals surface area contributed by atoms with E-state index in [9.17, 15) is 22.8 Å². The average molecular weight is 382 g/mol.